The summed E-state index contributed by atoms with van der Waals surface area (Å²) >= 11 is 0. The van der Waals surface area contributed by atoms with Gasteiger partial charge in [0.25, 0.3) is 5.91 Å². The third-order valence-electron chi connectivity index (χ3n) is 6.98. The van der Waals surface area contributed by atoms with E-state index in [2.05, 4.69) is 11.9 Å². The number of pyridine rings is 1. The van der Waals surface area contributed by atoms with E-state index in [4.69, 9.17) is 32.3 Å². The first kappa shape index (κ1) is 33.2. The van der Waals surface area contributed by atoms with Crippen LogP contribution in [0.3, 0.4) is 0 Å². The number of hydrogen-bond donors (Lipinski definition) is 5. The molecular weight excluding hydrogens is 549 g/mol. The maximum absolute atomic E-state index is 15.4. The molecule has 0 bridgehead atoms. The maximum atomic E-state index is 15.4. The summed E-state index contributed by atoms with van der Waals surface area (Å²) in [5.74, 6) is -0.657. The molecule has 2 heterocycles. The zero-order chi connectivity index (χ0) is 31.5. The van der Waals surface area contributed by atoms with E-state index in [9.17, 15) is 9.59 Å². The quantitative estimate of drug-likeness (QED) is 0.223. The molecule has 0 atom stereocenters. The number of fused-ring (bicyclic) bond motifs is 3. The number of amides is 2. The third-order valence-corrected chi connectivity index (χ3v) is 6.98. The first-order chi connectivity index (χ1) is 20.6. The molecular formula is C32H42FN7O3. The van der Waals surface area contributed by atoms with E-state index >= 15 is 4.39 Å². The minimum Gasteiger partial charge on any atom is -0.403 e. The fourth-order valence-corrected chi connectivity index (χ4v) is 5.08. The van der Waals surface area contributed by atoms with Crippen LogP contribution in [0.15, 0.2) is 42.6 Å². The van der Waals surface area contributed by atoms with Crippen LogP contribution in [0, 0.1) is 11.2 Å². The third kappa shape index (κ3) is 8.59. The Morgan fingerprint density at radius 1 is 1.14 bits per heavy atom. The van der Waals surface area contributed by atoms with E-state index in [1.807, 2.05) is 6.07 Å². The standard InChI is InChI=1S/C25H25FN4O2.C4H10N2O.C3H7N/c26-20-13-15(25(31)30-9-11-32-12-10-30)5-6-18(20)24-17-4-2-1-3-16(17)23-19(14-27)21(28)7-8-22(23)29-24;1-4(7)6-3-2-5;1-3(2)4/h5-8,13-14,27H,1-4,9-12,28H2;2-3,5H2,1H3,(H,6,7);1,4H2,2H3. The summed E-state index contributed by atoms with van der Waals surface area (Å²) in [5.41, 5.74) is 22.2. The van der Waals surface area contributed by atoms with Crippen molar-refractivity contribution < 1.29 is 18.7 Å². The second-order valence-corrected chi connectivity index (χ2v) is 10.4. The molecule has 0 saturated carbocycles. The molecule has 1 fully saturated rings. The molecule has 3 aromatic rings. The molecule has 0 spiro atoms. The van der Waals surface area contributed by atoms with E-state index in [1.165, 1.54) is 19.2 Å². The van der Waals surface area contributed by atoms with Crippen LogP contribution in [0.2, 0.25) is 0 Å². The van der Waals surface area contributed by atoms with Gasteiger partial charge in [-0.2, -0.15) is 0 Å². The molecule has 2 amide bonds. The Balaban J connectivity index is 0.000000396. The Morgan fingerprint density at radius 3 is 2.35 bits per heavy atom. The van der Waals surface area contributed by atoms with Crippen LogP contribution in [0.1, 0.15) is 53.7 Å². The Labute approximate surface area is 252 Å². The number of nitrogen functional groups attached to an aromatic ring is 1. The van der Waals surface area contributed by atoms with Gasteiger partial charge in [0.2, 0.25) is 5.91 Å². The lowest BCUT2D eigenvalue weighted by atomic mass is 9.84. The van der Waals surface area contributed by atoms with Crippen LogP contribution in [0.4, 0.5) is 10.1 Å². The number of nitrogens with two attached hydrogens (primary N) is 3. The summed E-state index contributed by atoms with van der Waals surface area (Å²) in [7, 11) is 0. The van der Waals surface area contributed by atoms with Gasteiger partial charge in [0.05, 0.1) is 24.4 Å². The largest absolute Gasteiger partial charge is 0.403 e. The van der Waals surface area contributed by atoms with E-state index in [-0.39, 0.29) is 11.8 Å². The molecule has 230 valence electrons. The van der Waals surface area contributed by atoms with Crippen molar-refractivity contribution in [2.45, 2.75) is 39.5 Å². The number of nitrogens with zero attached hydrogens (tertiary/aromatic N) is 2. The summed E-state index contributed by atoms with van der Waals surface area (Å²) in [6.45, 7) is 9.68. The first-order valence-electron chi connectivity index (χ1n) is 14.4. The second kappa shape index (κ2) is 15.8. The van der Waals surface area contributed by atoms with Gasteiger partial charge in [-0.3, -0.25) is 9.59 Å². The SMILES string of the molecule is C=C(C)N.CC(=O)NCCN.N=Cc1c(N)ccc2nc(-c3ccc(C(=O)N4CCOCC4)cc3F)c3c(c12)CCCC3. The van der Waals surface area contributed by atoms with Crippen LogP contribution >= 0.6 is 0 Å². The van der Waals surface area contributed by atoms with Crippen molar-refractivity contribution in [2.24, 2.45) is 11.5 Å². The van der Waals surface area contributed by atoms with Crippen molar-refractivity contribution in [3.63, 3.8) is 0 Å². The maximum Gasteiger partial charge on any atom is 0.254 e. The number of halogens is 1. The number of hydrogen-bond acceptors (Lipinski definition) is 8. The molecule has 8 N–H and O–H groups in total. The first-order valence-corrected chi connectivity index (χ1v) is 14.4. The molecule has 1 saturated heterocycles. The van der Waals surface area contributed by atoms with E-state index in [0.29, 0.717) is 78.7 Å². The van der Waals surface area contributed by atoms with Crippen molar-refractivity contribution in [3.05, 3.63) is 70.7 Å². The van der Waals surface area contributed by atoms with Gasteiger partial charge in [0.1, 0.15) is 5.82 Å². The van der Waals surface area contributed by atoms with Gasteiger partial charge in [-0.1, -0.05) is 6.58 Å². The molecule has 11 heteroatoms. The lowest BCUT2D eigenvalue weighted by molar-refractivity contribution is -0.118. The highest BCUT2D eigenvalue weighted by molar-refractivity contribution is 6.05. The highest BCUT2D eigenvalue weighted by Gasteiger charge is 2.24. The van der Waals surface area contributed by atoms with Crippen LogP contribution in [-0.4, -0.2) is 67.3 Å². The molecule has 5 rings (SSSR count). The van der Waals surface area contributed by atoms with Gasteiger partial charge < -0.3 is 37.6 Å². The molecule has 43 heavy (non-hydrogen) atoms. The molecule has 2 aliphatic rings. The molecule has 1 aromatic heterocycles. The smallest absolute Gasteiger partial charge is 0.254 e. The number of nitrogens with one attached hydrogen (secondary N) is 2. The van der Waals surface area contributed by atoms with Gasteiger partial charge in [0.15, 0.2) is 0 Å². The average Bonchev–Trinajstić information content (AvgIpc) is 3.00. The molecule has 0 radical (unpaired) electrons. The van der Waals surface area contributed by atoms with Crippen molar-refractivity contribution >= 4 is 34.6 Å². The zero-order valence-corrected chi connectivity index (χ0v) is 25.0. The second-order valence-electron chi connectivity index (χ2n) is 10.4. The number of aromatic nitrogens is 1. The van der Waals surface area contributed by atoms with Crippen molar-refractivity contribution in [3.8, 4) is 11.3 Å². The van der Waals surface area contributed by atoms with Gasteiger partial charge in [-0.05, 0) is 79.8 Å². The number of carbonyl (C=O) groups is 2. The predicted molar refractivity (Wildman–Crippen MR) is 170 cm³/mol. The molecule has 2 aromatic carbocycles. The van der Waals surface area contributed by atoms with Crippen molar-refractivity contribution in [1.82, 2.24) is 15.2 Å². The van der Waals surface area contributed by atoms with Gasteiger partial charge in [-0.15, -0.1) is 0 Å². The summed E-state index contributed by atoms with van der Waals surface area (Å²) in [4.78, 5) is 29.3. The molecule has 10 nitrogen and oxygen atoms in total. The topological polar surface area (TPSA) is 173 Å². The Hall–Kier alpha value is -4.35. The Morgan fingerprint density at radius 2 is 1.79 bits per heavy atom. The Kier molecular flexibility index (Phi) is 12.2. The minimum atomic E-state index is -0.452. The van der Waals surface area contributed by atoms with Crippen LogP contribution in [-0.2, 0) is 22.4 Å². The van der Waals surface area contributed by atoms with Crippen molar-refractivity contribution in [1.29, 1.82) is 5.41 Å². The monoisotopic (exact) mass is 591 g/mol. The number of allylic oxidation sites excluding steroid dienone is 1. The lowest BCUT2D eigenvalue weighted by Gasteiger charge is -2.27. The van der Waals surface area contributed by atoms with Gasteiger partial charge in [0, 0.05) is 67.1 Å². The van der Waals surface area contributed by atoms with Gasteiger partial charge >= 0.3 is 0 Å². The molecule has 0 unspecified atom stereocenters. The fourth-order valence-electron chi connectivity index (χ4n) is 5.08. The van der Waals surface area contributed by atoms with Crippen molar-refractivity contribution in [2.75, 3.05) is 45.1 Å². The minimum absolute atomic E-state index is 0.0227. The zero-order valence-electron chi connectivity index (χ0n) is 25.0. The van der Waals surface area contributed by atoms with E-state index < -0.39 is 5.82 Å². The van der Waals surface area contributed by atoms with Crippen LogP contribution in [0.25, 0.3) is 22.2 Å². The summed E-state index contributed by atoms with van der Waals surface area (Å²) in [6.07, 6.45) is 4.97. The Bertz CT molecular complexity index is 1480. The number of ether oxygens (including phenoxy) is 1. The summed E-state index contributed by atoms with van der Waals surface area (Å²) < 4.78 is 20.7. The van der Waals surface area contributed by atoms with Gasteiger partial charge in [-0.25, -0.2) is 9.37 Å². The normalized spacial score (nSPS) is 13.9. The van der Waals surface area contributed by atoms with E-state index in [0.717, 1.165) is 42.2 Å². The number of benzene rings is 2. The molecule has 1 aliphatic heterocycles. The average molecular weight is 592 g/mol. The highest BCUT2D eigenvalue weighted by atomic mass is 19.1. The highest BCUT2D eigenvalue weighted by Crippen LogP contribution is 2.38. The van der Waals surface area contributed by atoms with E-state index in [1.54, 1.807) is 30.0 Å². The number of morpholine rings is 1. The number of rotatable bonds is 5. The number of anilines is 1. The number of aryl methyl sites for hydroxylation is 1. The molecule has 1 aliphatic carbocycles. The number of carbonyl (C=O) groups excluding carboxylic acids is 2. The fraction of sp³-hybridized carbons (Fsp3) is 0.375. The summed E-state index contributed by atoms with van der Waals surface area (Å²) in [6, 6.07) is 8.25. The lowest BCUT2D eigenvalue weighted by Crippen LogP contribution is -2.40. The van der Waals surface area contributed by atoms with Crippen LogP contribution in [0.5, 0.6) is 0 Å². The summed E-state index contributed by atoms with van der Waals surface area (Å²) in [5, 5.41) is 11.3. The predicted octanol–water partition coefficient (Wildman–Crippen LogP) is 3.53. The van der Waals surface area contributed by atoms with Crippen LogP contribution < -0.4 is 22.5 Å².